The Morgan fingerprint density at radius 1 is 1.19 bits per heavy atom. The molecule has 0 spiro atoms. The zero-order chi connectivity index (χ0) is 18.6. The van der Waals surface area contributed by atoms with E-state index >= 15 is 0 Å². The number of hydrogen-bond acceptors (Lipinski definition) is 5. The first kappa shape index (κ1) is 18.8. The van der Waals surface area contributed by atoms with Crippen LogP contribution < -0.4 is 9.46 Å². The van der Waals surface area contributed by atoms with Gasteiger partial charge in [-0.1, -0.05) is 41.9 Å². The van der Waals surface area contributed by atoms with E-state index in [9.17, 15) is 8.42 Å². The molecule has 1 N–H and O–H groups in total. The van der Waals surface area contributed by atoms with Gasteiger partial charge in [0.15, 0.2) is 0 Å². The summed E-state index contributed by atoms with van der Waals surface area (Å²) in [6.45, 7) is 0.100. The van der Waals surface area contributed by atoms with E-state index in [0.29, 0.717) is 10.7 Å². The summed E-state index contributed by atoms with van der Waals surface area (Å²) in [5, 5.41) is 3.12. The molecule has 26 heavy (non-hydrogen) atoms. The van der Waals surface area contributed by atoms with Gasteiger partial charge in [0.2, 0.25) is 10.0 Å². The third kappa shape index (κ3) is 4.62. The fourth-order valence-electron chi connectivity index (χ4n) is 2.39. The number of benzene rings is 2. The van der Waals surface area contributed by atoms with Crippen LogP contribution in [0.25, 0.3) is 0 Å². The minimum atomic E-state index is -3.77. The van der Waals surface area contributed by atoms with E-state index in [1.54, 1.807) is 6.07 Å². The molecule has 5 nitrogen and oxygen atoms in total. The van der Waals surface area contributed by atoms with Gasteiger partial charge in [0.1, 0.15) is 10.6 Å². The van der Waals surface area contributed by atoms with Crippen LogP contribution in [0, 0.1) is 0 Å². The molecule has 3 aromatic rings. The average molecular weight is 409 g/mol. The standard InChI is InChI=1S/C18H17ClN2O3S2/c1-24-16-8-7-14(19)10-17(16)26(22,23)20-11-15-12-25-18(21-15)9-13-5-3-2-4-6-13/h2-8,10,12,20H,9,11H2,1H3. The van der Waals surface area contributed by atoms with Crippen LogP contribution in [0.1, 0.15) is 16.3 Å². The van der Waals surface area contributed by atoms with Gasteiger partial charge in [-0.15, -0.1) is 11.3 Å². The monoisotopic (exact) mass is 408 g/mol. The first-order chi connectivity index (χ1) is 12.5. The molecule has 0 aliphatic heterocycles. The molecule has 136 valence electrons. The Hall–Kier alpha value is -1.93. The van der Waals surface area contributed by atoms with Gasteiger partial charge in [0.25, 0.3) is 0 Å². The second-order valence-corrected chi connectivity index (χ2v) is 8.63. The highest BCUT2D eigenvalue weighted by molar-refractivity contribution is 7.89. The summed E-state index contributed by atoms with van der Waals surface area (Å²) in [5.41, 5.74) is 1.84. The van der Waals surface area contributed by atoms with Gasteiger partial charge < -0.3 is 4.74 Å². The first-order valence-corrected chi connectivity index (χ1v) is 10.5. The molecule has 0 saturated heterocycles. The molecule has 1 aromatic heterocycles. The van der Waals surface area contributed by atoms with Crippen LogP contribution in [0.5, 0.6) is 5.75 Å². The molecule has 0 atom stereocenters. The van der Waals surface area contributed by atoms with Gasteiger partial charge in [-0.3, -0.25) is 0 Å². The molecule has 0 saturated carbocycles. The molecule has 1 heterocycles. The smallest absolute Gasteiger partial charge is 0.244 e. The summed E-state index contributed by atoms with van der Waals surface area (Å²) >= 11 is 7.43. The van der Waals surface area contributed by atoms with Gasteiger partial charge >= 0.3 is 0 Å². The molecule has 3 rings (SSSR count). The number of hydrogen-bond donors (Lipinski definition) is 1. The van der Waals surface area contributed by atoms with Crippen molar-refractivity contribution < 1.29 is 13.2 Å². The Morgan fingerprint density at radius 2 is 1.96 bits per heavy atom. The Bertz CT molecular complexity index is 989. The number of aromatic nitrogens is 1. The van der Waals surface area contributed by atoms with E-state index in [0.717, 1.165) is 17.0 Å². The summed E-state index contributed by atoms with van der Waals surface area (Å²) in [6, 6.07) is 14.5. The lowest BCUT2D eigenvalue weighted by atomic mass is 10.2. The van der Waals surface area contributed by atoms with Gasteiger partial charge in [-0.25, -0.2) is 18.1 Å². The maximum Gasteiger partial charge on any atom is 0.244 e. The van der Waals surface area contributed by atoms with Crippen LogP contribution in [-0.2, 0) is 23.0 Å². The summed E-state index contributed by atoms with van der Waals surface area (Å²) in [4.78, 5) is 4.50. The Balaban J connectivity index is 1.70. The average Bonchev–Trinajstić information content (AvgIpc) is 3.08. The molecule has 0 fully saturated rings. The lowest BCUT2D eigenvalue weighted by Gasteiger charge is -2.10. The molecule has 0 radical (unpaired) electrons. The molecular weight excluding hydrogens is 392 g/mol. The molecular formula is C18H17ClN2O3S2. The zero-order valence-corrected chi connectivity index (χ0v) is 16.4. The van der Waals surface area contributed by atoms with E-state index in [-0.39, 0.29) is 17.2 Å². The van der Waals surface area contributed by atoms with Crippen LogP contribution in [-0.4, -0.2) is 20.5 Å². The highest BCUT2D eigenvalue weighted by Gasteiger charge is 2.20. The quantitative estimate of drug-likeness (QED) is 0.644. The van der Waals surface area contributed by atoms with Crippen molar-refractivity contribution >= 4 is 33.0 Å². The van der Waals surface area contributed by atoms with E-state index < -0.39 is 10.0 Å². The Morgan fingerprint density at radius 3 is 2.69 bits per heavy atom. The van der Waals surface area contributed by atoms with E-state index in [1.807, 2.05) is 35.7 Å². The van der Waals surface area contributed by atoms with Crippen LogP contribution >= 0.6 is 22.9 Å². The molecule has 8 heteroatoms. The van der Waals surface area contributed by atoms with E-state index in [1.165, 1.54) is 30.6 Å². The number of thiazole rings is 1. The predicted octanol–water partition coefficient (Wildman–Crippen LogP) is 3.87. The van der Waals surface area contributed by atoms with Crippen LogP contribution in [0.2, 0.25) is 5.02 Å². The first-order valence-electron chi connectivity index (χ1n) is 7.78. The van der Waals surface area contributed by atoms with Gasteiger partial charge in [0, 0.05) is 16.8 Å². The SMILES string of the molecule is COc1ccc(Cl)cc1S(=O)(=O)NCc1csc(Cc2ccccc2)n1. The second kappa shape index (κ2) is 8.18. The van der Waals surface area contributed by atoms with Crippen LogP contribution in [0.15, 0.2) is 58.8 Å². The minimum absolute atomic E-state index is 0.00670. The van der Waals surface area contributed by atoms with Crippen LogP contribution in [0.4, 0.5) is 0 Å². The summed E-state index contributed by atoms with van der Waals surface area (Å²) < 4.78 is 32.8. The molecule has 0 aliphatic rings. The van der Waals surface area contributed by atoms with Crippen molar-refractivity contribution in [2.75, 3.05) is 7.11 Å². The third-order valence-electron chi connectivity index (χ3n) is 3.66. The number of nitrogens with zero attached hydrogens (tertiary/aromatic N) is 1. The molecule has 0 amide bonds. The third-order valence-corrected chi connectivity index (χ3v) is 6.21. The predicted molar refractivity (Wildman–Crippen MR) is 103 cm³/mol. The summed E-state index contributed by atoms with van der Waals surface area (Å²) in [6.07, 6.45) is 0.723. The van der Waals surface area contributed by atoms with Crippen molar-refractivity contribution in [1.82, 2.24) is 9.71 Å². The van der Waals surface area contributed by atoms with Gasteiger partial charge in [-0.2, -0.15) is 0 Å². The maximum atomic E-state index is 12.6. The molecule has 2 aromatic carbocycles. The van der Waals surface area contributed by atoms with Crippen molar-refractivity contribution in [2.45, 2.75) is 17.9 Å². The minimum Gasteiger partial charge on any atom is -0.495 e. The normalized spacial score (nSPS) is 11.5. The zero-order valence-electron chi connectivity index (χ0n) is 14.0. The van der Waals surface area contributed by atoms with Crippen molar-refractivity contribution in [3.05, 3.63) is 75.2 Å². The topological polar surface area (TPSA) is 68.3 Å². The lowest BCUT2D eigenvalue weighted by molar-refractivity contribution is 0.402. The van der Waals surface area contributed by atoms with Crippen molar-refractivity contribution in [3.8, 4) is 5.75 Å². The van der Waals surface area contributed by atoms with Gasteiger partial charge in [-0.05, 0) is 23.8 Å². The van der Waals surface area contributed by atoms with Crippen molar-refractivity contribution in [1.29, 1.82) is 0 Å². The fourth-order valence-corrected chi connectivity index (χ4v) is 4.65. The second-order valence-electron chi connectivity index (χ2n) is 5.51. The number of nitrogens with one attached hydrogen (secondary N) is 1. The Labute approximate surface area is 161 Å². The summed E-state index contributed by atoms with van der Waals surface area (Å²) in [5.74, 6) is 0.241. The number of ether oxygens (including phenoxy) is 1. The summed E-state index contributed by atoms with van der Waals surface area (Å²) in [7, 11) is -2.35. The number of methoxy groups -OCH3 is 1. The Kier molecular flexibility index (Phi) is 5.93. The van der Waals surface area contributed by atoms with Crippen molar-refractivity contribution in [3.63, 3.8) is 0 Å². The number of sulfonamides is 1. The highest BCUT2D eigenvalue weighted by atomic mass is 35.5. The molecule has 0 unspecified atom stereocenters. The van der Waals surface area contributed by atoms with E-state index in [4.69, 9.17) is 16.3 Å². The van der Waals surface area contributed by atoms with Crippen molar-refractivity contribution in [2.24, 2.45) is 0 Å². The number of rotatable bonds is 7. The lowest BCUT2D eigenvalue weighted by Crippen LogP contribution is -2.24. The van der Waals surface area contributed by atoms with Gasteiger partial charge in [0.05, 0.1) is 24.4 Å². The largest absolute Gasteiger partial charge is 0.495 e. The molecule has 0 bridgehead atoms. The fraction of sp³-hybridized carbons (Fsp3) is 0.167. The maximum absolute atomic E-state index is 12.6. The molecule has 0 aliphatic carbocycles. The van der Waals surface area contributed by atoms with Crippen LogP contribution in [0.3, 0.4) is 0 Å². The van der Waals surface area contributed by atoms with E-state index in [2.05, 4.69) is 9.71 Å². The number of halogens is 1. The highest BCUT2D eigenvalue weighted by Crippen LogP contribution is 2.27.